The van der Waals surface area contributed by atoms with Gasteiger partial charge in [0.1, 0.15) is 5.69 Å². The van der Waals surface area contributed by atoms with Gasteiger partial charge < -0.3 is 0 Å². The fourth-order valence-corrected chi connectivity index (χ4v) is 6.07. The summed E-state index contributed by atoms with van der Waals surface area (Å²) < 4.78 is 38.4. The third kappa shape index (κ3) is 3.44. The van der Waals surface area contributed by atoms with Crippen molar-refractivity contribution in [2.45, 2.75) is 57.2 Å². The minimum absolute atomic E-state index is 0.363. The van der Waals surface area contributed by atoms with Crippen molar-refractivity contribution < 1.29 is 13.2 Å². The summed E-state index contributed by atoms with van der Waals surface area (Å²) in [6.45, 7) is 4.21. The van der Waals surface area contributed by atoms with Crippen molar-refractivity contribution in [3.8, 4) is 0 Å². The van der Waals surface area contributed by atoms with Crippen LogP contribution in [0.2, 0.25) is 0 Å². The molecule has 2 nitrogen and oxygen atoms in total. The van der Waals surface area contributed by atoms with E-state index < -0.39 is 11.9 Å². The van der Waals surface area contributed by atoms with Gasteiger partial charge in [-0.15, -0.1) is 0 Å². The van der Waals surface area contributed by atoms with E-state index in [9.17, 15) is 13.2 Å². The number of hydrogen-bond donors (Lipinski definition) is 0. The Morgan fingerprint density at radius 1 is 1.16 bits per heavy atom. The van der Waals surface area contributed by atoms with Crippen molar-refractivity contribution in [2.75, 3.05) is 24.6 Å². The fraction of sp³-hybridized carbons (Fsp3) is 0.737. The van der Waals surface area contributed by atoms with Crippen LogP contribution < -0.4 is 0 Å². The molecule has 0 bridgehead atoms. The van der Waals surface area contributed by atoms with Crippen molar-refractivity contribution >= 4 is 11.8 Å². The minimum atomic E-state index is -4.35. The van der Waals surface area contributed by atoms with Crippen LogP contribution >= 0.6 is 11.8 Å². The Kier molecular flexibility index (Phi) is 4.55. The molecule has 0 amide bonds. The maximum atomic E-state index is 12.8. The molecular weight excluding hydrogens is 345 g/mol. The van der Waals surface area contributed by atoms with E-state index in [1.54, 1.807) is 13.0 Å². The average Bonchev–Trinajstić information content (AvgIpc) is 3.00. The van der Waals surface area contributed by atoms with Crippen molar-refractivity contribution in [1.82, 2.24) is 9.88 Å². The number of alkyl halides is 3. The van der Waals surface area contributed by atoms with E-state index in [1.807, 2.05) is 0 Å². The molecule has 3 fully saturated rings. The Bertz CT molecular complexity index is 634. The van der Waals surface area contributed by atoms with Crippen molar-refractivity contribution in [3.05, 3.63) is 29.1 Å². The lowest BCUT2D eigenvalue weighted by Crippen LogP contribution is -2.42. The highest BCUT2D eigenvalue weighted by Crippen LogP contribution is 2.47. The van der Waals surface area contributed by atoms with Crippen LogP contribution in [0.15, 0.2) is 12.1 Å². The van der Waals surface area contributed by atoms with Gasteiger partial charge in [-0.2, -0.15) is 24.9 Å². The SMILES string of the molecule is Cc1nc(C(F)(F)F)ccc1C1CCC(N2CCC3(CSC3)C2)CC1. The highest BCUT2D eigenvalue weighted by Gasteiger charge is 2.45. The predicted octanol–water partition coefficient (Wildman–Crippen LogP) is 4.87. The lowest BCUT2D eigenvalue weighted by molar-refractivity contribution is -0.141. The number of aryl methyl sites for hydroxylation is 1. The minimum Gasteiger partial charge on any atom is -0.300 e. The molecule has 0 radical (unpaired) electrons. The summed E-state index contributed by atoms with van der Waals surface area (Å²) in [5.41, 5.74) is 1.39. The van der Waals surface area contributed by atoms with Crippen LogP contribution in [-0.2, 0) is 6.18 Å². The van der Waals surface area contributed by atoms with Crippen molar-refractivity contribution in [2.24, 2.45) is 5.41 Å². The standard InChI is InChI=1S/C19H25F3N2S/c1-13-16(6-7-17(23-13)19(20,21)22)14-2-4-15(5-3-14)24-9-8-18(10-24)11-25-12-18/h6-7,14-15H,2-5,8-12H2,1H3. The maximum Gasteiger partial charge on any atom is 0.433 e. The summed E-state index contributed by atoms with van der Waals surface area (Å²) in [7, 11) is 0. The summed E-state index contributed by atoms with van der Waals surface area (Å²) in [6.07, 6.45) is 1.45. The fourth-order valence-electron chi connectivity index (χ4n) is 4.82. The average molecular weight is 370 g/mol. The molecule has 0 N–H and O–H groups in total. The van der Waals surface area contributed by atoms with Crippen molar-refractivity contribution in [1.29, 1.82) is 0 Å². The first kappa shape index (κ1) is 17.7. The number of thioether (sulfide) groups is 1. The van der Waals surface area contributed by atoms with Gasteiger partial charge in [0.05, 0.1) is 0 Å². The molecule has 2 aliphatic heterocycles. The number of nitrogens with zero attached hydrogens (tertiary/aromatic N) is 2. The molecule has 0 aromatic carbocycles. The lowest BCUT2D eigenvalue weighted by Gasteiger charge is -2.40. The molecule has 1 aliphatic carbocycles. The summed E-state index contributed by atoms with van der Waals surface area (Å²) in [4.78, 5) is 6.50. The number of pyridine rings is 1. The molecule has 3 aliphatic rings. The Morgan fingerprint density at radius 3 is 2.40 bits per heavy atom. The summed E-state index contributed by atoms with van der Waals surface area (Å²) in [6, 6.07) is 3.48. The summed E-state index contributed by atoms with van der Waals surface area (Å²) in [5.74, 6) is 3.02. The molecule has 1 spiro atoms. The molecular formula is C19H25F3N2S. The predicted molar refractivity (Wildman–Crippen MR) is 94.9 cm³/mol. The van der Waals surface area contributed by atoms with Crippen LogP contribution in [-0.4, -0.2) is 40.5 Å². The molecule has 3 heterocycles. The second-order valence-corrected chi connectivity index (χ2v) is 9.07. The van der Waals surface area contributed by atoms with E-state index in [1.165, 1.54) is 31.0 Å². The van der Waals surface area contributed by atoms with Crippen LogP contribution in [0.4, 0.5) is 13.2 Å². The van der Waals surface area contributed by atoms with Crippen molar-refractivity contribution in [3.63, 3.8) is 0 Å². The molecule has 0 unspecified atom stereocenters. The summed E-state index contributed by atoms with van der Waals surface area (Å²) in [5, 5.41) is 0. The van der Waals surface area contributed by atoms with Gasteiger partial charge in [0.2, 0.25) is 0 Å². The molecule has 6 heteroatoms. The van der Waals surface area contributed by atoms with Gasteiger partial charge in [-0.1, -0.05) is 6.07 Å². The second kappa shape index (κ2) is 6.45. The number of hydrogen-bond acceptors (Lipinski definition) is 3. The summed E-state index contributed by atoms with van der Waals surface area (Å²) >= 11 is 2.07. The highest BCUT2D eigenvalue weighted by molar-refractivity contribution is 8.00. The normalized spacial score (nSPS) is 29.8. The largest absolute Gasteiger partial charge is 0.433 e. The monoisotopic (exact) mass is 370 g/mol. The van der Waals surface area contributed by atoms with Gasteiger partial charge in [-0.05, 0) is 63.1 Å². The Morgan fingerprint density at radius 2 is 1.88 bits per heavy atom. The molecule has 1 aromatic rings. The highest BCUT2D eigenvalue weighted by atomic mass is 32.2. The van der Waals surface area contributed by atoms with Gasteiger partial charge in [0.25, 0.3) is 0 Å². The zero-order valence-corrected chi connectivity index (χ0v) is 15.4. The van der Waals surface area contributed by atoms with Crippen LogP contribution in [0.3, 0.4) is 0 Å². The van der Waals surface area contributed by atoms with Crippen LogP contribution in [0.5, 0.6) is 0 Å². The molecule has 2 saturated heterocycles. The van der Waals surface area contributed by atoms with E-state index in [4.69, 9.17) is 0 Å². The Balaban J connectivity index is 1.37. The van der Waals surface area contributed by atoms with Crippen LogP contribution in [0.25, 0.3) is 0 Å². The molecule has 4 rings (SSSR count). The van der Waals surface area contributed by atoms with E-state index in [0.29, 0.717) is 23.1 Å². The molecule has 1 aromatic heterocycles. The molecule has 1 saturated carbocycles. The third-order valence-corrected chi connectivity index (χ3v) is 7.99. The first-order valence-electron chi connectivity index (χ1n) is 9.23. The lowest BCUT2D eigenvalue weighted by atomic mass is 9.80. The van der Waals surface area contributed by atoms with Gasteiger partial charge in [0.15, 0.2) is 0 Å². The number of likely N-dealkylation sites (tertiary alicyclic amines) is 1. The zero-order valence-electron chi connectivity index (χ0n) is 14.6. The van der Waals surface area contributed by atoms with E-state index in [-0.39, 0.29) is 0 Å². The Hall–Kier alpha value is -0.750. The first-order chi connectivity index (χ1) is 11.9. The van der Waals surface area contributed by atoms with Crippen LogP contribution in [0, 0.1) is 12.3 Å². The van der Waals surface area contributed by atoms with Gasteiger partial charge in [0, 0.05) is 35.2 Å². The van der Waals surface area contributed by atoms with Crippen LogP contribution in [0.1, 0.15) is 55.0 Å². The van der Waals surface area contributed by atoms with E-state index >= 15 is 0 Å². The van der Waals surface area contributed by atoms with Gasteiger partial charge in [-0.25, -0.2) is 4.98 Å². The Labute approximate surface area is 151 Å². The van der Waals surface area contributed by atoms with Gasteiger partial charge >= 0.3 is 6.18 Å². The second-order valence-electron chi connectivity index (χ2n) is 8.09. The van der Waals surface area contributed by atoms with E-state index in [0.717, 1.165) is 37.3 Å². The smallest absolute Gasteiger partial charge is 0.300 e. The number of halogens is 3. The quantitative estimate of drug-likeness (QED) is 0.739. The molecule has 25 heavy (non-hydrogen) atoms. The maximum absolute atomic E-state index is 12.8. The number of aromatic nitrogens is 1. The number of rotatable bonds is 2. The first-order valence-corrected chi connectivity index (χ1v) is 10.4. The topological polar surface area (TPSA) is 16.1 Å². The molecule has 138 valence electrons. The van der Waals surface area contributed by atoms with Gasteiger partial charge in [-0.3, -0.25) is 4.90 Å². The van der Waals surface area contributed by atoms with E-state index in [2.05, 4.69) is 21.6 Å². The third-order valence-electron chi connectivity index (χ3n) is 6.35. The molecule has 0 atom stereocenters. The zero-order chi connectivity index (χ0) is 17.7.